The van der Waals surface area contributed by atoms with E-state index in [1.54, 1.807) is 0 Å². The number of benzene rings is 1. The first kappa shape index (κ1) is 18.8. The van der Waals surface area contributed by atoms with Gasteiger partial charge in [-0.15, -0.1) is 0 Å². The number of hydrogen-bond donors (Lipinski definition) is 3. The summed E-state index contributed by atoms with van der Waals surface area (Å²) < 4.78 is 5.98. The van der Waals surface area contributed by atoms with Crippen molar-refractivity contribution in [2.75, 3.05) is 26.2 Å². The van der Waals surface area contributed by atoms with E-state index < -0.39 is 0 Å². The minimum Gasteiger partial charge on any atom is -0.373 e. The van der Waals surface area contributed by atoms with Crippen LogP contribution in [0.5, 0.6) is 0 Å². The smallest absolute Gasteiger partial charge is 0.239 e. The van der Waals surface area contributed by atoms with Crippen molar-refractivity contribution in [2.24, 2.45) is 5.73 Å². The van der Waals surface area contributed by atoms with Crippen LogP contribution in [0.3, 0.4) is 0 Å². The van der Waals surface area contributed by atoms with Crippen molar-refractivity contribution in [2.45, 2.75) is 44.1 Å². The zero-order valence-electron chi connectivity index (χ0n) is 15.0. The van der Waals surface area contributed by atoms with Gasteiger partial charge in [-0.2, -0.15) is 0 Å². The van der Waals surface area contributed by atoms with Gasteiger partial charge in [-0.1, -0.05) is 30.3 Å². The Hall–Kier alpha value is -1.96. The van der Waals surface area contributed by atoms with E-state index in [0.717, 1.165) is 25.9 Å². The van der Waals surface area contributed by atoms with Gasteiger partial charge < -0.3 is 26.0 Å². The minimum absolute atomic E-state index is 0.0215. The van der Waals surface area contributed by atoms with Crippen LogP contribution in [-0.2, 0) is 20.9 Å². The van der Waals surface area contributed by atoms with E-state index in [0.29, 0.717) is 19.6 Å². The number of likely N-dealkylation sites (tertiary alicyclic amines) is 1. The molecule has 4 N–H and O–H groups in total. The van der Waals surface area contributed by atoms with Gasteiger partial charge in [-0.05, 0) is 24.8 Å². The highest BCUT2D eigenvalue weighted by molar-refractivity contribution is 5.83. The molecular weight excluding hydrogens is 332 g/mol. The second-order valence-electron chi connectivity index (χ2n) is 6.99. The normalized spacial score (nSPS) is 23.8. The Balaban J connectivity index is 1.39. The summed E-state index contributed by atoms with van der Waals surface area (Å²) in [5, 5.41) is 6.05. The Morgan fingerprint density at radius 2 is 1.96 bits per heavy atom. The second kappa shape index (κ2) is 9.12. The van der Waals surface area contributed by atoms with Crippen molar-refractivity contribution in [3.63, 3.8) is 0 Å². The van der Waals surface area contributed by atoms with Gasteiger partial charge in [0.25, 0.3) is 0 Å². The van der Waals surface area contributed by atoms with Gasteiger partial charge in [0, 0.05) is 25.7 Å². The van der Waals surface area contributed by atoms with Crippen molar-refractivity contribution in [3.05, 3.63) is 35.9 Å². The molecule has 0 radical (unpaired) electrons. The van der Waals surface area contributed by atoms with Crippen molar-refractivity contribution in [3.8, 4) is 0 Å². The van der Waals surface area contributed by atoms with Gasteiger partial charge in [0.2, 0.25) is 11.8 Å². The fraction of sp³-hybridized carbons (Fsp3) is 0.579. The Morgan fingerprint density at radius 1 is 1.23 bits per heavy atom. The van der Waals surface area contributed by atoms with E-state index in [-0.39, 0.29) is 36.5 Å². The maximum Gasteiger partial charge on any atom is 0.239 e. The van der Waals surface area contributed by atoms with Crippen LogP contribution in [0, 0.1) is 0 Å². The highest BCUT2D eigenvalue weighted by Crippen LogP contribution is 2.18. The van der Waals surface area contributed by atoms with Crippen molar-refractivity contribution >= 4 is 11.8 Å². The number of rotatable bonds is 6. The summed E-state index contributed by atoms with van der Waals surface area (Å²) in [5.74, 6) is -0.0581. The van der Waals surface area contributed by atoms with Gasteiger partial charge in [0.15, 0.2) is 0 Å². The molecule has 1 aromatic carbocycles. The fourth-order valence-corrected chi connectivity index (χ4v) is 3.57. The van der Waals surface area contributed by atoms with E-state index in [1.165, 1.54) is 5.56 Å². The average molecular weight is 360 g/mol. The summed E-state index contributed by atoms with van der Waals surface area (Å²) in [6, 6.07) is 9.90. The number of carbonyl (C=O) groups excluding carboxylic acids is 2. The third kappa shape index (κ3) is 5.03. The van der Waals surface area contributed by atoms with E-state index in [4.69, 9.17) is 10.5 Å². The molecule has 7 heteroatoms. The summed E-state index contributed by atoms with van der Waals surface area (Å²) in [6.07, 6.45) is 2.54. The van der Waals surface area contributed by atoms with Gasteiger partial charge in [-0.25, -0.2) is 0 Å². The molecule has 0 unspecified atom stereocenters. The number of nitrogens with one attached hydrogen (secondary N) is 2. The van der Waals surface area contributed by atoms with E-state index >= 15 is 0 Å². The zero-order valence-corrected chi connectivity index (χ0v) is 15.0. The SMILES string of the molecule is NCC(=O)N[C@H]1CN[C@H](C(=O)N2CCC(OCc3ccccc3)CC2)C1. The molecule has 2 aliphatic heterocycles. The highest BCUT2D eigenvalue weighted by atomic mass is 16.5. The Bertz CT molecular complexity index is 602. The van der Waals surface area contributed by atoms with Crippen molar-refractivity contribution in [1.82, 2.24) is 15.5 Å². The summed E-state index contributed by atoms with van der Waals surface area (Å²) in [5.41, 5.74) is 6.49. The summed E-state index contributed by atoms with van der Waals surface area (Å²) in [4.78, 5) is 26.0. The van der Waals surface area contributed by atoms with Crippen LogP contribution in [0.4, 0.5) is 0 Å². The van der Waals surface area contributed by atoms with Gasteiger partial charge in [0.1, 0.15) is 0 Å². The predicted octanol–water partition coefficient (Wildman–Crippen LogP) is -0.000400. The van der Waals surface area contributed by atoms with Gasteiger partial charge in [0.05, 0.1) is 25.3 Å². The molecular formula is C19H28N4O3. The molecule has 2 saturated heterocycles. The summed E-state index contributed by atoms with van der Waals surface area (Å²) >= 11 is 0. The molecule has 2 amide bonds. The third-order valence-corrected chi connectivity index (χ3v) is 5.06. The standard InChI is InChI=1S/C19H28N4O3/c20-11-18(24)22-15-10-17(21-12-15)19(25)23-8-6-16(7-9-23)26-13-14-4-2-1-3-5-14/h1-5,15-17,21H,6-13,20H2,(H,22,24)/t15-,17+/m1/s1. The molecule has 0 spiro atoms. The number of amides is 2. The summed E-state index contributed by atoms with van der Waals surface area (Å²) in [6.45, 7) is 2.64. The number of nitrogens with two attached hydrogens (primary N) is 1. The lowest BCUT2D eigenvalue weighted by molar-refractivity contribution is -0.136. The average Bonchev–Trinajstić information content (AvgIpc) is 3.15. The lowest BCUT2D eigenvalue weighted by Gasteiger charge is -2.33. The molecule has 2 heterocycles. The lowest BCUT2D eigenvalue weighted by atomic mass is 10.1. The molecule has 0 saturated carbocycles. The minimum atomic E-state index is -0.222. The predicted molar refractivity (Wildman–Crippen MR) is 98.2 cm³/mol. The molecule has 0 aromatic heterocycles. The van der Waals surface area contributed by atoms with Crippen molar-refractivity contribution in [1.29, 1.82) is 0 Å². The molecule has 2 aliphatic rings. The van der Waals surface area contributed by atoms with E-state index in [1.807, 2.05) is 23.1 Å². The summed E-state index contributed by atoms with van der Waals surface area (Å²) in [7, 11) is 0. The Morgan fingerprint density at radius 3 is 2.65 bits per heavy atom. The molecule has 2 atom stereocenters. The van der Waals surface area contributed by atoms with Crippen LogP contribution >= 0.6 is 0 Å². The maximum absolute atomic E-state index is 12.7. The molecule has 3 rings (SSSR count). The topological polar surface area (TPSA) is 96.7 Å². The fourth-order valence-electron chi connectivity index (χ4n) is 3.57. The monoisotopic (exact) mass is 360 g/mol. The molecule has 26 heavy (non-hydrogen) atoms. The van der Waals surface area contributed by atoms with E-state index in [2.05, 4.69) is 22.8 Å². The third-order valence-electron chi connectivity index (χ3n) is 5.06. The largest absolute Gasteiger partial charge is 0.373 e. The number of nitrogens with zero attached hydrogens (tertiary/aromatic N) is 1. The Kier molecular flexibility index (Phi) is 6.60. The van der Waals surface area contributed by atoms with Crippen molar-refractivity contribution < 1.29 is 14.3 Å². The molecule has 142 valence electrons. The van der Waals surface area contributed by atoms with Gasteiger partial charge in [-0.3, -0.25) is 9.59 Å². The first-order valence-corrected chi connectivity index (χ1v) is 9.33. The van der Waals surface area contributed by atoms with Crippen LogP contribution in [-0.4, -0.2) is 61.1 Å². The molecule has 1 aromatic rings. The number of hydrogen-bond acceptors (Lipinski definition) is 5. The number of piperidine rings is 1. The number of carbonyl (C=O) groups is 2. The van der Waals surface area contributed by atoms with Crippen LogP contribution < -0.4 is 16.4 Å². The van der Waals surface area contributed by atoms with Crippen LogP contribution in [0.25, 0.3) is 0 Å². The quantitative estimate of drug-likeness (QED) is 0.664. The van der Waals surface area contributed by atoms with Gasteiger partial charge >= 0.3 is 0 Å². The first-order chi connectivity index (χ1) is 12.7. The molecule has 0 aliphatic carbocycles. The maximum atomic E-state index is 12.7. The van der Waals surface area contributed by atoms with E-state index in [9.17, 15) is 9.59 Å². The van der Waals surface area contributed by atoms with Crippen LogP contribution in [0.2, 0.25) is 0 Å². The zero-order chi connectivity index (χ0) is 18.4. The molecule has 7 nitrogen and oxygen atoms in total. The Labute approximate surface area is 154 Å². The van der Waals surface area contributed by atoms with Crippen LogP contribution in [0.1, 0.15) is 24.8 Å². The second-order valence-corrected chi connectivity index (χ2v) is 6.99. The first-order valence-electron chi connectivity index (χ1n) is 9.33. The molecule has 2 fully saturated rings. The highest BCUT2D eigenvalue weighted by Gasteiger charge is 2.34. The van der Waals surface area contributed by atoms with Crippen LogP contribution in [0.15, 0.2) is 30.3 Å². The molecule has 0 bridgehead atoms. The number of ether oxygens (including phenoxy) is 1. The lowest BCUT2D eigenvalue weighted by Crippen LogP contribution is -2.48.